The normalized spacial score (nSPS) is 17.0. The van der Waals surface area contributed by atoms with Crippen LogP contribution in [0.2, 0.25) is 0 Å². The van der Waals surface area contributed by atoms with Gasteiger partial charge in [0.1, 0.15) is 5.82 Å². The minimum Gasteiger partial charge on any atom is -0.340 e. The molecule has 2 aromatic rings. The van der Waals surface area contributed by atoms with Gasteiger partial charge in [-0.3, -0.25) is 24.2 Å². The summed E-state index contributed by atoms with van der Waals surface area (Å²) in [6, 6.07) is 6.86. The van der Waals surface area contributed by atoms with Crippen molar-refractivity contribution in [3.05, 3.63) is 53.6 Å². The van der Waals surface area contributed by atoms with Gasteiger partial charge >= 0.3 is 0 Å². The Labute approximate surface area is 176 Å². The van der Waals surface area contributed by atoms with Crippen LogP contribution in [0, 0.1) is 6.92 Å². The van der Waals surface area contributed by atoms with Gasteiger partial charge in [0, 0.05) is 64.6 Å². The van der Waals surface area contributed by atoms with E-state index in [0.717, 1.165) is 45.1 Å². The number of hydrogen-bond donors (Lipinski definition) is 0. The number of carbonyl (C=O) groups is 3. The van der Waals surface area contributed by atoms with E-state index in [9.17, 15) is 14.4 Å². The van der Waals surface area contributed by atoms with Crippen molar-refractivity contribution >= 4 is 17.7 Å². The number of amides is 3. The Bertz CT molecular complexity index is 911. The highest BCUT2D eigenvalue weighted by molar-refractivity contribution is 6.21. The Morgan fingerprint density at radius 1 is 0.967 bits per heavy atom. The first kappa shape index (κ1) is 20.3. The number of aromatic nitrogens is 2. The summed E-state index contributed by atoms with van der Waals surface area (Å²) in [6.45, 7) is 7.28. The third-order valence-corrected chi connectivity index (χ3v) is 5.96. The molecule has 8 heteroatoms. The van der Waals surface area contributed by atoms with Gasteiger partial charge in [-0.15, -0.1) is 0 Å². The largest absolute Gasteiger partial charge is 0.340 e. The van der Waals surface area contributed by atoms with E-state index in [2.05, 4.69) is 14.5 Å². The van der Waals surface area contributed by atoms with Crippen molar-refractivity contribution in [2.75, 3.05) is 39.3 Å². The van der Waals surface area contributed by atoms with Gasteiger partial charge in [-0.25, -0.2) is 4.98 Å². The second kappa shape index (κ2) is 8.79. The molecule has 3 amide bonds. The summed E-state index contributed by atoms with van der Waals surface area (Å²) >= 11 is 0. The highest BCUT2D eigenvalue weighted by atomic mass is 16.2. The van der Waals surface area contributed by atoms with E-state index in [1.54, 1.807) is 24.3 Å². The van der Waals surface area contributed by atoms with E-state index in [0.29, 0.717) is 24.0 Å². The molecule has 1 saturated heterocycles. The maximum absolute atomic E-state index is 12.6. The monoisotopic (exact) mass is 409 g/mol. The van der Waals surface area contributed by atoms with Crippen molar-refractivity contribution in [2.24, 2.45) is 0 Å². The predicted octanol–water partition coefficient (Wildman–Crippen LogP) is 1.41. The average Bonchev–Trinajstić information content (AvgIpc) is 3.28. The molecule has 0 atom stereocenters. The van der Waals surface area contributed by atoms with Crippen LogP contribution in [0.5, 0.6) is 0 Å². The Balaban J connectivity index is 1.18. The van der Waals surface area contributed by atoms with E-state index in [1.807, 2.05) is 24.2 Å². The number of carbonyl (C=O) groups excluding carboxylic acids is 3. The van der Waals surface area contributed by atoms with Gasteiger partial charge in [0.25, 0.3) is 11.8 Å². The fraction of sp³-hybridized carbons (Fsp3) is 0.455. The van der Waals surface area contributed by atoms with Crippen LogP contribution in [-0.2, 0) is 11.3 Å². The van der Waals surface area contributed by atoms with Crippen molar-refractivity contribution in [1.82, 2.24) is 24.3 Å². The summed E-state index contributed by atoms with van der Waals surface area (Å²) in [7, 11) is 0. The zero-order valence-electron chi connectivity index (χ0n) is 17.3. The average molecular weight is 409 g/mol. The molecule has 0 N–H and O–H groups in total. The highest BCUT2D eigenvalue weighted by Gasteiger charge is 2.34. The Kier molecular flexibility index (Phi) is 5.94. The lowest BCUT2D eigenvalue weighted by atomic mass is 10.1. The van der Waals surface area contributed by atoms with Crippen molar-refractivity contribution in [3.8, 4) is 0 Å². The minimum atomic E-state index is -0.259. The van der Waals surface area contributed by atoms with E-state index in [1.165, 1.54) is 4.90 Å². The lowest BCUT2D eigenvalue weighted by Gasteiger charge is -2.35. The fourth-order valence-corrected chi connectivity index (χ4v) is 4.10. The molecule has 1 aromatic carbocycles. The molecule has 4 rings (SSSR count). The molecular formula is C22H27N5O3. The zero-order valence-corrected chi connectivity index (χ0v) is 17.3. The van der Waals surface area contributed by atoms with Crippen LogP contribution < -0.4 is 0 Å². The summed E-state index contributed by atoms with van der Waals surface area (Å²) in [5.41, 5.74) is 0.909. The van der Waals surface area contributed by atoms with Crippen molar-refractivity contribution in [2.45, 2.75) is 26.3 Å². The SMILES string of the molecule is Cc1nccn1CCN1CCN(C(=O)CCCN2C(=O)c3ccccc3C2=O)CC1. The molecule has 0 bridgehead atoms. The molecule has 0 unspecified atom stereocenters. The summed E-state index contributed by atoms with van der Waals surface area (Å²) in [4.78, 5) is 47.1. The number of imide groups is 1. The number of fused-ring (bicyclic) bond motifs is 1. The van der Waals surface area contributed by atoms with Crippen molar-refractivity contribution < 1.29 is 14.4 Å². The summed E-state index contributed by atoms with van der Waals surface area (Å²) in [5, 5.41) is 0. The zero-order chi connectivity index (χ0) is 21.1. The van der Waals surface area contributed by atoms with Gasteiger partial charge in [0.2, 0.25) is 5.91 Å². The van der Waals surface area contributed by atoms with Crippen LogP contribution in [0.1, 0.15) is 39.4 Å². The van der Waals surface area contributed by atoms with Crippen LogP contribution in [0.3, 0.4) is 0 Å². The number of piperazine rings is 1. The topological polar surface area (TPSA) is 78.8 Å². The van der Waals surface area contributed by atoms with Gasteiger partial charge < -0.3 is 9.47 Å². The molecule has 2 aliphatic rings. The van der Waals surface area contributed by atoms with Gasteiger partial charge in [-0.2, -0.15) is 0 Å². The van der Waals surface area contributed by atoms with Gasteiger partial charge in [0.15, 0.2) is 0 Å². The van der Waals surface area contributed by atoms with Crippen LogP contribution in [-0.4, -0.2) is 81.2 Å². The van der Waals surface area contributed by atoms with Crippen LogP contribution in [0.4, 0.5) is 0 Å². The maximum Gasteiger partial charge on any atom is 0.261 e. The highest BCUT2D eigenvalue weighted by Crippen LogP contribution is 2.22. The molecule has 8 nitrogen and oxygen atoms in total. The number of aryl methyl sites for hydroxylation is 1. The molecule has 158 valence electrons. The molecular weight excluding hydrogens is 382 g/mol. The molecule has 3 heterocycles. The Morgan fingerprint density at radius 2 is 1.63 bits per heavy atom. The minimum absolute atomic E-state index is 0.0942. The standard InChI is InChI=1S/C22H27N5O3/c1-17-23-8-10-25(17)14-11-24-12-15-26(16-13-24)20(28)7-4-9-27-21(29)18-5-2-3-6-19(18)22(27)30/h2-3,5-6,8,10H,4,7,9,11-16H2,1H3. The van der Waals surface area contributed by atoms with E-state index in [4.69, 9.17) is 0 Å². The molecule has 0 radical (unpaired) electrons. The van der Waals surface area contributed by atoms with Gasteiger partial charge in [0.05, 0.1) is 11.1 Å². The Hall–Kier alpha value is -3.00. The molecule has 1 aromatic heterocycles. The first-order valence-electron chi connectivity index (χ1n) is 10.5. The first-order valence-corrected chi connectivity index (χ1v) is 10.5. The van der Waals surface area contributed by atoms with Gasteiger partial charge in [-0.1, -0.05) is 12.1 Å². The first-order chi connectivity index (χ1) is 14.5. The van der Waals surface area contributed by atoms with E-state index in [-0.39, 0.29) is 24.3 Å². The molecule has 0 spiro atoms. The van der Waals surface area contributed by atoms with E-state index < -0.39 is 0 Å². The third kappa shape index (κ3) is 4.14. The number of nitrogens with zero attached hydrogens (tertiary/aromatic N) is 5. The summed E-state index contributed by atoms with van der Waals surface area (Å²) < 4.78 is 2.14. The molecule has 1 fully saturated rings. The summed E-state index contributed by atoms with van der Waals surface area (Å²) in [6.07, 6.45) is 4.64. The molecule has 2 aliphatic heterocycles. The van der Waals surface area contributed by atoms with Crippen LogP contribution in [0.15, 0.2) is 36.7 Å². The number of rotatable bonds is 7. The number of benzene rings is 1. The lowest BCUT2D eigenvalue weighted by molar-refractivity contribution is -0.133. The fourth-order valence-electron chi connectivity index (χ4n) is 4.10. The number of imidazole rings is 1. The second-order valence-corrected chi connectivity index (χ2v) is 7.80. The van der Waals surface area contributed by atoms with Crippen molar-refractivity contribution in [1.29, 1.82) is 0 Å². The quantitative estimate of drug-likeness (QED) is 0.646. The summed E-state index contributed by atoms with van der Waals surface area (Å²) in [5.74, 6) is 0.591. The molecule has 0 aliphatic carbocycles. The van der Waals surface area contributed by atoms with Crippen molar-refractivity contribution in [3.63, 3.8) is 0 Å². The number of hydrogen-bond acceptors (Lipinski definition) is 5. The smallest absolute Gasteiger partial charge is 0.261 e. The van der Waals surface area contributed by atoms with Gasteiger partial charge in [-0.05, 0) is 25.5 Å². The third-order valence-electron chi connectivity index (χ3n) is 5.96. The van der Waals surface area contributed by atoms with E-state index >= 15 is 0 Å². The lowest BCUT2D eigenvalue weighted by Crippen LogP contribution is -2.49. The molecule has 30 heavy (non-hydrogen) atoms. The van der Waals surface area contributed by atoms with Crippen LogP contribution in [0.25, 0.3) is 0 Å². The Morgan fingerprint density at radius 3 is 2.23 bits per heavy atom. The predicted molar refractivity (Wildman–Crippen MR) is 111 cm³/mol. The molecule has 0 saturated carbocycles. The van der Waals surface area contributed by atoms with Crippen LogP contribution >= 0.6 is 0 Å². The second-order valence-electron chi connectivity index (χ2n) is 7.80. The maximum atomic E-state index is 12.6.